The number of aliphatic hydroxyl groups is 2. The quantitative estimate of drug-likeness (QED) is 0.168. The van der Waals surface area contributed by atoms with Gasteiger partial charge in [0.15, 0.2) is 0 Å². The van der Waals surface area contributed by atoms with E-state index >= 15 is 0 Å². The Balaban J connectivity index is 1.89. The van der Waals surface area contributed by atoms with E-state index in [1.165, 1.54) is 0 Å². The zero-order valence-electron chi connectivity index (χ0n) is 24.8. The Morgan fingerprint density at radius 3 is 2.51 bits per heavy atom. The number of nitrogens with one attached hydrogen (secondary N) is 1. The number of carbonyl (C=O) groups is 2. The van der Waals surface area contributed by atoms with E-state index in [1.807, 2.05) is 6.92 Å². The number of amides is 1. The molecule has 2 aliphatic rings. The molecule has 2 unspecified atom stereocenters. The number of hydrogen-bond acceptors (Lipinski definition) is 7. The van der Waals surface area contributed by atoms with Gasteiger partial charge in [-0.1, -0.05) is 39.0 Å². The van der Waals surface area contributed by atoms with Crippen molar-refractivity contribution < 1.29 is 39.1 Å². The average molecular weight is 554 g/mol. The van der Waals surface area contributed by atoms with Crippen molar-refractivity contribution in [3.05, 3.63) is 23.8 Å². The molecule has 0 aromatic heterocycles. The standard InChI is InChI=1S/C30H51NO8/c1-18(17-30(6)28(39-30)21(4)27(37-7)22(5)33)10-8-11-19(2)26-20(3)13-14-23(38-26)16-25(34)31-24(29(35)36)12-9-15-32/h8,10-11,18,20-24,26-28,32-33H,9,12-17H2,1-7H3,(H,31,34)(H,35,36)/b10-8+,19-11+/t18?,20-,21+,22+,23+,24?,26+,27+,28+,30+/m0/s1. The Morgan fingerprint density at radius 1 is 1.23 bits per heavy atom. The molecular weight excluding hydrogens is 502 g/mol. The molecule has 10 atom stereocenters. The molecule has 4 N–H and O–H groups in total. The zero-order valence-corrected chi connectivity index (χ0v) is 24.8. The number of carbonyl (C=O) groups excluding carboxylic acids is 1. The van der Waals surface area contributed by atoms with E-state index in [2.05, 4.69) is 51.2 Å². The molecule has 2 saturated heterocycles. The third-order valence-corrected chi connectivity index (χ3v) is 8.16. The van der Waals surface area contributed by atoms with Gasteiger partial charge in [-0.15, -0.1) is 0 Å². The SMILES string of the molecule is CO[C@H]([C@@H](C)[C@H]1O[C@]1(C)CC(C)/C=C/C=C(\C)[C@H]1O[C@@H](CC(=O)NC(CCCO)C(=O)O)CC[C@@H]1C)[C@@H](C)O. The Labute approximate surface area is 234 Å². The van der Waals surface area contributed by atoms with Crippen molar-refractivity contribution >= 4 is 11.9 Å². The summed E-state index contributed by atoms with van der Waals surface area (Å²) in [6.07, 6.45) is 8.31. The summed E-state index contributed by atoms with van der Waals surface area (Å²) in [5, 5.41) is 30.8. The number of allylic oxidation sites excluding steroid dienone is 3. The second kappa shape index (κ2) is 15.3. The van der Waals surface area contributed by atoms with Gasteiger partial charge in [0.05, 0.1) is 42.5 Å². The fourth-order valence-corrected chi connectivity index (χ4v) is 6.03. The van der Waals surface area contributed by atoms with Crippen LogP contribution in [0.4, 0.5) is 0 Å². The van der Waals surface area contributed by atoms with Crippen molar-refractivity contribution in [3.8, 4) is 0 Å². The first-order valence-corrected chi connectivity index (χ1v) is 14.3. The molecule has 0 bridgehead atoms. The van der Waals surface area contributed by atoms with Crippen LogP contribution < -0.4 is 5.32 Å². The number of methoxy groups -OCH3 is 1. The lowest BCUT2D eigenvalue weighted by molar-refractivity contribution is -0.143. The van der Waals surface area contributed by atoms with E-state index < -0.39 is 18.1 Å². The van der Waals surface area contributed by atoms with Crippen LogP contribution in [0, 0.1) is 17.8 Å². The Morgan fingerprint density at radius 2 is 1.92 bits per heavy atom. The summed E-state index contributed by atoms with van der Waals surface area (Å²) < 4.78 is 17.8. The summed E-state index contributed by atoms with van der Waals surface area (Å²) in [6, 6.07) is -1.00. The molecule has 0 aromatic rings. The van der Waals surface area contributed by atoms with Gasteiger partial charge in [-0.25, -0.2) is 4.79 Å². The normalized spacial score (nSPS) is 31.4. The number of hydrogen-bond donors (Lipinski definition) is 4. The molecule has 2 heterocycles. The van der Waals surface area contributed by atoms with Crippen LogP contribution in [0.25, 0.3) is 0 Å². The third-order valence-electron chi connectivity index (χ3n) is 8.16. The van der Waals surface area contributed by atoms with Gasteiger partial charge in [-0.2, -0.15) is 0 Å². The molecule has 1 amide bonds. The summed E-state index contributed by atoms with van der Waals surface area (Å²) >= 11 is 0. The highest BCUT2D eigenvalue weighted by atomic mass is 16.6. The molecule has 9 nitrogen and oxygen atoms in total. The Kier molecular flexibility index (Phi) is 13.1. The predicted octanol–water partition coefficient (Wildman–Crippen LogP) is 3.62. The summed E-state index contributed by atoms with van der Waals surface area (Å²) in [4.78, 5) is 23.9. The predicted molar refractivity (Wildman–Crippen MR) is 149 cm³/mol. The van der Waals surface area contributed by atoms with Gasteiger partial charge in [0, 0.05) is 19.6 Å². The van der Waals surface area contributed by atoms with Crippen LogP contribution in [0.2, 0.25) is 0 Å². The van der Waals surface area contributed by atoms with Crippen LogP contribution in [0.1, 0.15) is 80.1 Å². The van der Waals surface area contributed by atoms with Gasteiger partial charge >= 0.3 is 5.97 Å². The number of ether oxygens (including phenoxy) is 3. The average Bonchev–Trinajstić information content (AvgIpc) is 3.52. The van der Waals surface area contributed by atoms with Crippen molar-refractivity contribution in [3.63, 3.8) is 0 Å². The first-order chi connectivity index (χ1) is 18.3. The summed E-state index contributed by atoms with van der Waals surface area (Å²) in [5.41, 5.74) is 0.850. The number of rotatable bonds is 16. The van der Waals surface area contributed by atoms with Crippen molar-refractivity contribution in [2.24, 2.45) is 17.8 Å². The van der Waals surface area contributed by atoms with E-state index in [-0.39, 0.29) is 67.2 Å². The van der Waals surface area contributed by atoms with Crippen molar-refractivity contribution in [1.29, 1.82) is 0 Å². The van der Waals surface area contributed by atoms with E-state index in [4.69, 9.17) is 19.3 Å². The summed E-state index contributed by atoms with van der Waals surface area (Å²) in [7, 11) is 1.62. The molecule has 0 aliphatic carbocycles. The smallest absolute Gasteiger partial charge is 0.326 e. The van der Waals surface area contributed by atoms with Crippen molar-refractivity contribution in [2.45, 2.75) is 122 Å². The number of aliphatic carboxylic acids is 1. The Bertz CT molecular complexity index is 858. The van der Waals surface area contributed by atoms with Crippen LogP contribution in [-0.4, -0.2) is 83.1 Å². The van der Waals surface area contributed by atoms with Crippen molar-refractivity contribution in [2.75, 3.05) is 13.7 Å². The third kappa shape index (κ3) is 9.97. The number of aliphatic hydroxyl groups excluding tert-OH is 2. The first kappa shape index (κ1) is 33.4. The van der Waals surface area contributed by atoms with Crippen LogP contribution in [0.5, 0.6) is 0 Å². The number of carboxylic acids is 1. The van der Waals surface area contributed by atoms with Gasteiger partial charge in [0.25, 0.3) is 0 Å². The lowest BCUT2D eigenvalue weighted by Crippen LogP contribution is -2.43. The fourth-order valence-electron chi connectivity index (χ4n) is 6.03. The van der Waals surface area contributed by atoms with Gasteiger partial charge in [0.1, 0.15) is 6.04 Å². The molecule has 2 rings (SSSR count). The molecule has 0 spiro atoms. The first-order valence-electron chi connectivity index (χ1n) is 14.3. The molecule has 9 heteroatoms. The van der Waals surface area contributed by atoms with Crippen LogP contribution >= 0.6 is 0 Å². The van der Waals surface area contributed by atoms with Gasteiger partial charge in [-0.05, 0) is 70.3 Å². The summed E-state index contributed by atoms with van der Waals surface area (Å²) in [5.74, 6) is -0.750. The van der Waals surface area contributed by atoms with Crippen molar-refractivity contribution in [1.82, 2.24) is 5.32 Å². The second-order valence-corrected chi connectivity index (χ2v) is 11.9. The number of epoxide rings is 1. The minimum Gasteiger partial charge on any atom is -0.480 e. The maximum atomic E-state index is 12.5. The largest absolute Gasteiger partial charge is 0.480 e. The van der Waals surface area contributed by atoms with E-state index in [9.17, 15) is 19.8 Å². The molecule has 0 saturated carbocycles. The molecular formula is C30H51NO8. The maximum Gasteiger partial charge on any atom is 0.326 e. The molecule has 2 aliphatic heterocycles. The fraction of sp³-hybridized carbons (Fsp3) is 0.800. The topological polar surface area (TPSA) is 138 Å². The highest BCUT2D eigenvalue weighted by Gasteiger charge is 2.56. The molecule has 224 valence electrons. The zero-order chi connectivity index (χ0) is 29.3. The minimum absolute atomic E-state index is 0.0521. The monoisotopic (exact) mass is 553 g/mol. The highest BCUT2D eigenvalue weighted by molar-refractivity contribution is 5.83. The highest BCUT2D eigenvalue weighted by Crippen LogP contribution is 2.47. The Hall–Kier alpha value is -1.78. The lowest BCUT2D eigenvalue weighted by atomic mass is 9.85. The van der Waals surface area contributed by atoms with Crippen LogP contribution in [0.15, 0.2) is 23.8 Å². The van der Waals surface area contributed by atoms with Crippen LogP contribution in [0.3, 0.4) is 0 Å². The van der Waals surface area contributed by atoms with Gasteiger partial charge in [-0.3, -0.25) is 4.79 Å². The lowest BCUT2D eigenvalue weighted by Gasteiger charge is -2.35. The number of carboxylic acid groups (broad SMARTS) is 1. The van der Waals surface area contributed by atoms with E-state index in [0.717, 1.165) is 24.8 Å². The summed E-state index contributed by atoms with van der Waals surface area (Å²) in [6.45, 7) is 12.2. The van der Waals surface area contributed by atoms with Crippen LogP contribution in [-0.2, 0) is 23.8 Å². The molecule has 39 heavy (non-hydrogen) atoms. The molecule has 0 aromatic carbocycles. The molecule has 0 radical (unpaired) electrons. The van der Waals surface area contributed by atoms with Gasteiger partial charge < -0.3 is 34.8 Å². The molecule has 2 fully saturated rings. The second-order valence-electron chi connectivity index (χ2n) is 11.9. The van der Waals surface area contributed by atoms with Gasteiger partial charge in [0.2, 0.25) is 5.91 Å². The van der Waals surface area contributed by atoms with E-state index in [1.54, 1.807) is 14.0 Å². The minimum atomic E-state index is -1.10. The maximum absolute atomic E-state index is 12.5. The van der Waals surface area contributed by atoms with E-state index in [0.29, 0.717) is 12.3 Å².